The van der Waals surface area contributed by atoms with Gasteiger partial charge in [-0.15, -0.1) is 0 Å². The summed E-state index contributed by atoms with van der Waals surface area (Å²) in [6, 6.07) is 7.41. The Morgan fingerprint density at radius 2 is 2.10 bits per heavy atom. The van der Waals surface area contributed by atoms with Crippen LogP contribution < -0.4 is 4.74 Å². The second kappa shape index (κ2) is 6.50. The van der Waals surface area contributed by atoms with E-state index >= 15 is 0 Å². The smallest absolute Gasteiger partial charge is 0.138 e. The molecular formula is C17H22ClNO. The van der Waals surface area contributed by atoms with Crippen LogP contribution in [0.15, 0.2) is 18.2 Å². The summed E-state index contributed by atoms with van der Waals surface area (Å²) in [5, 5.41) is 9.81. The molecular weight excluding hydrogens is 270 g/mol. The molecule has 1 saturated carbocycles. The average molecular weight is 292 g/mol. The lowest BCUT2D eigenvalue weighted by Gasteiger charge is -2.37. The summed E-state index contributed by atoms with van der Waals surface area (Å²) in [7, 11) is 0. The monoisotopic (exact) mass is 291 g/mol. The number of nitrogens with zero attached hydrogens (tertiary/aromatic N) is 1. The first kappa shape index (κ1) is 15.2. The second-order valence-electron chi connectivity index (χ2n) is 6.23. The van der Waals surface area contributed by atoms with Gasteiger partial charge in [0.1, 0.15) is 17.9 Å². The number of benzene rings is 1. The highest BCUT2D eigenvalue weighted by molar-refractivity contribution is 6.30. The Labute approximate surface area is 126 Å². The van der Waals surface area contributed by atoms with E-state index in [4.69, 9.17) is 16.3 Å². The second-order valence-corrected chi connectivity index (χ2v) is 6.67. The fraction of sp³-hybridized carbons (Fsp3) is 0.588. The quantitative estimate of drug-likeness (QED) is 0.780. The van der Waals surface area contributed by atoms with Gasteiger partial charge in [-0.3, -0.25) is 0 Å². The van der Waals surface area contributed by atoms with Crippen LogP contribution in [-0.4, -0.2) is 6.10 Å². The van der Waals surface area contributed by atoms with Crippen molar-refractivity contribution in [2.75, 3.05) is 0 Å². The predicted molar refractivity (Wildman–Crippen MR) is 81.9 cm³/mol. The number of nitriles is 1. The molecule has 0 aliphatic heterocycles. The molecule has 0 spiro atoms. The Morgan fingerprint density at radius 1 is 1.35 bits per heavy atom. The lowest BCUT2D eigenvalue weighted by molar-refractivity contribution is 0.0458. The van der Waals surface area contributed by atoms with E-state index in [1.807, 2.05) is 0 Å². The van der Waals surface area contributed by atoms with E-state index in [2.05, 4.69) is 26.8 Å². The van der Waals surface area contributed by atoms with Crippen LogP contribution >= 0.6 is 11.6 Å². The number of hydrogen-bond acceptors (Lipinski definition) is 2. The molecule has 0 amide bonds. The summed E-state index contributed by atoms with van der Waals surface area (Å²) in [5.74, 6) is 2.46. The normalized spacial score (nSPS) is 26.3. The Bertz CT molecular complexity index is 506. The topological polar surface area (TPSA) is 33.0 Å². The van der Waals surface area contributed by atoms with E-state index in [1.165, 1.54) is 12.8 Å². The Morgan fingerprint density at radius 3 is 2.75 bits per heavy atom. The number of rotatable bonds is 3. The van der Waals surface area contributed by atoms with Gasteiger partial charge >= 0.3 is 0 Å². The molecule has 1 fully saturated rings. The molecule has 0 heterocycles. The molecule has 1 aliphatic rings. The summed E-state index contributed by atoms with van der Waals surface area (Å²) >= 11 is 6.03. The first-order chi connectivity index (χ1) is 9.51. The molecule has 3 heteroatoms. The Hall–Kier alpha value is -1.20. The van der Waals surface area contributed by atoms with Crippen LogP contribution in [0.3, 0.4) is 0 Å². The molecule has 108 valence electrons. The van der Waals surface area contributed by atoms with Crippen molar-refractivity contribution in [3.63, 3.8) is 0 Å². The highest BCUT2D eigenvalue weighted by Crippen LogP contribution is 2.37. The van der Waals surface area contributed by atoms with Crippen molar-refractivity contribution in [2.45, 2.75) is 46.1 Å². The lowest BCUT2D eigenvalue weighted by atomic mass is 9.75. The van der Waals surface area contributed by atoms with Gasteiger partial charge in [0, 0.05) is 11.1 Å². The summed E-state index contributed by atoms with van der Waals surface area (Å²) in [5.41, 5.74) is 0.565. The van der Waals surface area contributed by atoms with E-state index in [0.717, 1.165) is 6.42 Å². The zero-order chi connectivity index (χ0) is 14.7. The van der Waals surface area contributed by atoms with Gasteiger partial charge in [0.2, 0.25) is 0 Å². The first-order valence-corrected chi connectivity index (χ1v) is 7.75. The standard InChI is InChI=1S/C17H22ClNO/c1-11(2)15-7-4-12(3)8-17(15)20-16-9-14(18)6-5-13(16)10-19/h5-6,9,11-12,15,17H,4,7-8H2,1-3H3. The highest BCUT2D eigenvalue weighted by Gasteiger charge is 2.32. The van der Waals surface area contributed by atoms with Gasteiger partial charge < -0.3 is 4.74 Å². The van der Waals surface area contributed by atoms with Gasteiger partial charge in [0.15, 0.2) is 0 Å². The van der Waals surface area contributed by atoms with Crippen LogP contribution in [0.2, 0.25) is 5.02 Å². The minimum atomic E-state index is 0.185. The summed E-state index contributed by atoms with van der Waals surface area (Å²) < 4.78 is 6.20. The van der Waals surface area contributed by atoms with Crippen molar-refractivity contribution in [3.8, 4) is 11.8 Å². The maximum Gasteiger partial charge on any atom is 0.138 e. The summed E-state index contributed by atoms with van der Waals surface area (Å²) in [4.78, 5) is 0. The van der Waals surface area contributed by atoms with Crippen molar-refractivity contribution in [1.82, 2.24) is 0 Å². The third kappa shape index (κ3) is 3.46. The van der Waals surface area contributed by atoms with Crippen LogP contribution in [0.25, 0.3) is 0 Å². The molecule has 0 bridgehead atoms. The van der Waals surface area contributed by atoms with Crippen molar-refractivity contribution < 1.29 is 4.74 Å². The maximum atomic E-state index is 9.19. The van der Waals surface area contributed by atoms with E-state index in [9.17, 15) is 5.26 Å². The molecule has 3 atom stereocenters. The van der Waals surface area contributed by atoms with Crippen LogP contribution in [0.1, 0.15) is 45.6 Å². The SMILES string of the molecule is CC1CCC(C(C)C)C(Oc2cc(Cl)ccc2C#N)C1. The van der Waals surface area contributed by atoms with Crippen LogP contribution in [-0.2, 0) is 0 Å². The van der Waals surface area contributed by atoms with E-state index in [0.29, 0.717) is 34.1 Å². The molecule has 0 saturated heterocycles. The Balaban J connectivity index is 2.22. The highest BCUT2D eigenvalue weighted by atomic mass is 35.5. The minimum absolute atomic E-state index is 0.185. The largest absolute Gasteiger partial charge is 0.489 e. The Kier molecular flexibility index (Phi) is 4.94. The molecule has 2 nitrogen and oxygen atoms in total. The van der Waals surface area contributed by atoms with Crippen LogP contribution in [0.4, 0.5) is 0 Å². The van der Waals surface area contributed by atoms with Crippen molar-refractivity contribution in [3.05, 3.63) is 28.8 Å². The van der Waals surface area contributed by atoms with Crippen molar-refractivity contribution in [1.29, 1.82) is 5.26 Å². The lowest BCUT2D eigenvalue weighted by Crippen LogP contribution is -2.36. The predicted octanol–water partition coefficient (Wildman–Crippen LogP) is 5.05. The van der Waals surface area contributed by atoms with Gasteiger partial charge in [-0.25, -0.2) is 0 Å². The third-order valence-corrected chi connectivity index (χ3v) is 4.54. The number of halogens is 1. The average Bonchev–Trinajstić information content (AvgIpc) is 2.38. The van der Waals surface area contributed by atoms with Crippen molar-refractivity contribution in [2.24, 2.45) is 17.8 Å². The van der Waals surface area contributed by atoms with Crippen molar-refractivity contribution >= 4 is 11.6 Å². The fourth-order valence-corrected chi connectivity index (χ4v) is 3.26. The van der Waals surface area contributed by atoms with Gasteiger partial charge in [-0.05, 0) is 42.7 Å². The van der Waals surface area contributed by atoms with Gasteiger partial charge in [-0.1, -0.05) is 38.8 Å². The van der Waals surface area contributed by atoms with Gasteiger partial charge in [0.05, 0.1) is 5.56 Å². The zero-order valence-corrected chi connectivity index (χ0v) is 13.2. The first-order valence-electron chi connectivity index (χ1n) is 7.37. The van der Waals surface area contributed by atoms with E-state index < -0.39 is 0 Å². The van der Waals surface area contributed by atoms with E-state index in [1.54, 1.807) is 18.2 Å². The van der Waals surface area contributed by atoms with Gasteiger partial charge in [-0.2, -0.15) is 5.26 Å². The molecule has 20 heavy (non-hydrogen) atoms. The molecule has 0 aromatic heterocycles. The molecule has 1 aromatic rings. The molecule has 3 unspecified atom stereocenters. The molecule has 1 aromatic carbocycles. The molecule has 0 N–H and O–H groups in total. The van der Waals surface area contributed by atoms with Crippen LogP contribution in [0.5, 0.6) is 5.75 Å². The van der Waals surface area contributed by atoms with Gasteiger partial charge in [0.25, 0.3) is 0 Å². The van der Waals surface area contributed by atoms with Crippen LogP contribution in [0, 0.1) is 29.1 Å². The maximum absolute atomic E-state index is 9.19. The molecule has 1 aliphatic carbocycles. The van der Waals surface area contributed by atoms with E-state index in [-0.39, 0.29) is 6.10 Å². The molecule has 2 rings (SSSR count). The number of hydrogen-bond donors (Lipinski definition) is 0. The fourth-order valence-electron chi connectivity index (χ4n) is 3.10. The zero-order valence-electron chi connectivity index (χ0n) is 12.4. The minimum Gasteiger partial charge on any atom is -0.489 e. The summed E-state index contributed by atoms with van der Waals surface area (Å²) in [6.07, 6.45) is 3.71. The number of ether oxygens (including phenoxy) is 1. The molecule has 0 radical (unpaired) electrons. The third-order valence-electron chi connectivity index (χ3n) is 4.30. The summed E-state index contributed by atoms with van der Waals surface area (Å²) in [6.45, 7) is 6.77.